The summed E-state index contributed by atoms with van der Waals surface area (Å²) < 4.78 is 0. The Hall–Kier alpha value is -1.71. The predicted molar refractivity (Wildman–Crippen MR) is 71.3 cm³/mol. The smallest absolute Gasteiger partial charge is 0.267 e. The maximum absolute atomic E-state index is 11.8. The molecule has 1 N–H and O–H groups in total. The molecule has 1 amide bonds. The van der Waals surface area contributed by atoms with Crippen LogP contribution in [0.3, 0.4) is 0 Å². The molecule has 1 aromatic rings. The van der Waals surface area contributed by atoms with Crippen molar-refractivity contribution in [2.24, 2.45) is 16.9 Å². The van der Waals surface area contributed by atoms with Crippen molar-refractivity contribution < 1.29 is 4.79 Å². The van der Waals surface area contributed by atoms with Crippen LogP contribution in [0.5, 0.6) is 0 Å². The number of nitrogens with one attached hydrogen (secondary N) is 1. The van der Waals surface area contributed by atoms with Crippen molar-refractivity contribution in [1.29, 1.82) is 0 Å². The van der Waals surface area contributed by atoms with Crippen LogP contribution in [0.15, 0.2) is 29.6 Å². The molecule has 4 nitrogen and oxygen atoms in total. The molecule has 0 bridgehead atoms. The van der Waals surface area contributed by atoms with Gasteiger partial charge in [-0.15, -0.1) is 0 Å². The minimum atomic E-state index is -0.194. The lowest BCUT2D eigenvalue weighted by atomic mass is 9.81. The van der Waals surface area contributed by atoms with E-state index in [1.54, 1.807) is 24.5 Å². The minimum Gasteiger partial charge on any atom is -0.267 e. The van der Waals surface area contributed by atoms with Crippen LogP contribution in [0.4, 0.5) is 0 Å². The van der Waals surface area contributed by atoms with Crippen LogP contribution in [-0.4, -0.2) is 16.6 Å². The van der Waals surface area contributed by atoms with Crippen LogP contribution in [-0.2, 0) is 0 Å². The van der Waals surface area contributed by atoms with E-state index in [1.807, 2.05) is 0 Å². The van der Waals surface area contributed by atoms with E-state index in [4.69, 9.17) is 0 Å². The first-order valence-corrected chi connectivity index (χ1v) is 6.46. The first-order chi connectivity index (χ1) is 8.68. The molecule has 1 fully saturated rings. The highest BCUT2D eigenvalue weighted by molar-refractivity contribution is 5.96. The second-order valence-corrected chi connectivity index (χ2v) is 4.95. The number of carbonyl (C=O) groups is 1. The Balaban J connectivity index is 2.03. The van der Waals surface area contributed by atoms with Crippen LogP contribution in [0.1, 0.15) is 43.5 Å². The molecule has 1 saturated carbocycles. The molecule has 18 heavy (non-hydrogen) atoms. The van der Waals surface area contributed by atoms with Crippen molar-refractivity contribution in [2.75, 3.05) is 0 Å². The summed E-state index contributed by atoms with van der Waals surface area (Å²) in [7, 11) is 0. The van der Waals surface area contributed by atoms with E-state index in [0.29, 0.717) is 17.4 Å². The zero-order valence-electron chi connectivity index (χ0n) is 10.9. The molecular formula is C14H19N3O. The van der Waals surface area contributed by atoms with Gasteiger partial charge in [-0.2, -0.15) is 5.10 Å². The monoisotopic (exact) mass is 245 g/mol. The Labute approximate surface area is 108 Å². The van der Waals surface area contributed by atoms with Gasteiger partial charge in [-0.05, 0) is 36.8 Å². The molecule has 2 atom stereocenters. The van der Waals surface area contributed by atoms with E-state index < -0.39 is 0 Å². The molecular weight excluding hydrogens is 226 g/mol. The topological polar surface area (TPSA) is 54.4 Å². The lowest BCUT2D eigenvalue weighted by Crippen LogP contribution is -2.29. The highest BCUT2D eigenvalue weighted by Gasteiger charge is 2.23. The summed E-state index contributed by atoms with van der Waals surface area (Å²) in [5, 5.41) is 4.31. The van der Waals surface area contributed by atoms with Gasteiger partial charge < -0.3 is 0 Å². The second-order valence-electron chi connectivity index (χ2n) is 4.95. The zero-order valence-corrected chi connectivity index (χ0v) is 10.9. The molecule has 1 aromatic heterocycles. The van der Waals surface area contributed by atoms with Crippen molar-refractivity contribution in [3.05, 3.63) is 30.1 Å². The number of hydrogen-bond donors (Lipinski definition) is 1. The first kappa shape index (κ1) is 12.7. The van der Waals surface area contributed by atoms with Crippen molar-refractivity contribution in [3.63, 3.8) is 0 Å². The maximum Gasteiger partial charge on any atom is 0.272 e. The number of hydrazone groups is 1. The fourth-order valence-electron chi connectivity index (χ4n) is 2.41. The van der Waals surface area contributed by atoms with Gasteiger partial charge >= 0.3 is 0 Å². The number of rotatable bonds is 2. The van der Waals surface area contributed by atoms with Crippen molar-refractivity contribution in [1.82, 2.24) is 10.4 Å². The zero-order chi connectivity index (χ0) is 13.0. The SMILES string of the molecule is C[C@@H]1CCC[C@@H](C)C1=NNC(=O)c1cccnc1. The van der Waals surface area contributed by atoms with Crippen LogP contribution < -0.4 is 5.43 Å². The van der Waals surface area contributed by atoms with Crippen molar-refractivity contribution in [3.8, 4) is 0 Å². The van der Waals surface area contributed by atoms with E-state index in [1.165, 1.54) is 6.42 Å². The average molecular weight is 245 g/mol. The number of nitrogens with zero attached hydrogens (tertiary/aromatic N) is 2. The van der Waals surface area contributed by atoms with Crippen LogP contribution in [0, 0.1) is 11.8 Å². The maximum atomic E-state index is 11.8. The third kappa shape index (κ3) is 2.94. The largest absolute Gasteiger partial charge is 0.272 e. The number of aromatic nitrogens is 1. The Morgan fingerprint density at radius 3 is 2.72 bits per heavy atom. The molecule has 1 aliphatic rings. The molecule has 0 radical (unpaired) electrons. The first-order valence-electron chi connectivity index (χ1n) is 6.46. The van der Waals surface area contributed by atoms with E-state index in [-0.39, 0.29) is 5.91 Å². The van der Waals surface area contributed by atoms with Gasteiger partial charge in [0.05, 0.1) is 5.56 Å². The van der Waals surface area contributed by atoms with Gasteiger partial charge in [-0.3, -0.25) is 9.78 Å². The summed E-state index contributed by atoms with van der Waals surface area (Å²) in [6.45, 7) is 4.34. The Bertz CT molecular complexity index is 430. The van der Waals surface area contributed by atoms with Gasteiger partial charge in [0.15, 0.2) is 0 Å². The number of carbonyl (C=O) groups excluding carboxylic acids is 1. The number of pyridine rings is 1. The quantitative estimate of drug-likeness (QED) is 0.814. The fourth-order valence-corrected chi connectivity index (χ4v) is 2.41. The van der Waals surface area contributed by atoms with Gasteiger partial charge in [0.25, 0.3) is 5.91 Å². The summed E-state index contributed by atoms with van der Waals surface area (Å²) in [6.07, 6.45) is 6.76. The summed E-state index contributed by atoms with van der Waals surface area (Å²) in [5.74, 6) is 0.728. The normalized spacial score (nSPS) is 23.6. The Morgan fingerprint density at radius 2 is 2.11 bits per heavy atom. The molecule has 1 heterocycles. The molecule has 0 unspecified atom stereocenters. The van der Waals surface area contributed by atoms with Gasteiger partial charge in [0, 0.05) is 18.1 Å². The highest BCUT2D eigenvalue weighted by Crippen LogP contribution is 2.25. The summed E-state index contributed by atoms with van der Waals surface area (Å²) in [5.41, 5.74) is 4.29. The van der Waals surface area contributed by atoms with Crippen LogP contribution >= 0.6 is 0 Å². The third-order valence-electron chi connectivity index (χ3n) is 3.49. The molecule has 96 valence electrons. The van der Waals surface area contributed by atoms with E-state index in [2.05, 4.69) is 29.4 Å². The van der Waals surface area contributed by atoms with E-state index in [0.717, 1.165) is 18.6 Å². The fraction of sp³-hybridized carbons (Fsp3) is 0.500. The summed E-state index contributed by atoms with van der Waals surface area (Å²) >= 11 is 0. The lowest BCUT2D eigenvalue weighted by molar-refractivity contribution is 0.0954. The van der Waals surface area contributed by atoms with Crippen molar-refractivity contribution in [2.45, 2.75) is 33.1 Å². The molecule has 0 spiro atoms. The summed E-state index contributed by atoms with van der Waals surface area (Å²) in [6, 6.07) is 3.48. The molecule has 4 heteroatoms. The second kappa shape index (κ2) is 5.76. The molecule has 0 aromatic carbocycles. The Kier molecular flexibility index (Phi) is 4.07. The van der Waals surface area contributed by atoms with Crippen LogP contribution in [0.25, 0.3) is 0 Å². The minimum absolute atomic E-state index is 0.194. The van der Waals surface area contributed by atoms with Crippen molar-refractivity contribution >= 4 is 11.6 Å². The van der Waals surface area contributed by atoms with Gasteiger partial charge in [0.2, 0.25) is 0 Å². The van der Waals surface area contributed by atoms with Gasteiger partial charge in [-0.1, -0.05) is 20.3 Å². The molecule has 0 aliphatic heterocycles. The molecule has 0 saturated heterocycles. The van der Waals surface area contributed by atoms with Gasteiger partial charge in [-0.25, -0.2) is 5.43 Å². The van der Waals surface area contributed by atoms with Gasteiger partial charge in [0.1, 0.15) is 0 Å². The predicted octanol–water partition coefficient (Wildman–Crippen LogP) is 2.62. The standard InChI is InChI=1S/C14H19N3O/c1-10-5-3-6-11(2)13(10)16-17-14(18)12-7-4-8-15-9-12/h4,7-11H,3,5-6H2,1-2H3,(H,17,18)/t10-,11-/m1/s1. The molecule has 2 rings (SSSR count). The lowest BCUT2D eigenvalue weighted by Gasteiger charge is -2.26. The van der Waals surface area contributed by atoms with E-state index >= 15 is 0 Å². The number of amides is 1. The highest BCUT2D eigenvalue weighted by atomic mass is 16.2. The van der Waals surface area contributed by atoms with E-state index in [9.17, 15) is 4.79 Å². The molecule has 1 aliphatic carbocycles. The third-order valence-corrected chi connectivity index (χ3v) is 3.49. The summed E-state index contributed by atoms with van der Waals surface area (Å²) in [4.78, 5) is 15.8. The average Bonchev–Trinajstić information content (AvgIpc) is 2.39. The Morgan fingerprint density at radius 1 is 1.39 bits per heavy atom. The van der Waals surface area contributed by atoms with Crippen LogP contribution in [0.2, 0.25) is 0 Å². The number of hydrogen-bond acceptors (Lipinski definition) is 3.